The number of carbonyl (C=O) groups is 2. The van der Waals surface area contributed by atoms with Crippen LogP contribution >= 0.6 is 0 Å². The fourth-order valence-electron chi connectivity index (χ4n) is 2.44. The first-order valence-corrected chi connectivity index (χ1v) is 10.3. The normalized spacial score (nSPS) is 12.8. The molecule has 0 fully saturated rings. The summed E-state index contributed by atoms with van der Waals surface area (Å²) in [6.07, 6.45) is 8.42. The standard InChI is InChI=1S/C16H31NO6S/c1-2-11-14(16(19)20)17-15(18)12-9-7-5-3-4-6-8-10-13-24(21,22)23/h14H,2-13H2,1H3,(H,17,18)(H,19,20)(H,21,22,23). The lowest BCUT2D eigenvalue weighted by Gasteiger charge is -2.13. The van der Waals surface area contributed by atoms with Crippen LogP contribution in [0.1, 0.15) is 77.6 Å². The highest BCUT2D eigenvalue weighted by Crippen LogP contribution is 2.10. The lowest BCUT2D eigenvalue weighted by Crippen LogP contribution is -2.40. The Morgan fingerprint density at radius 3 is 1.92 bits per heavy atom. The summed E-state index contributed by atoms with van der Waals surface area (Å²) in [6, 6.07) is -0.787. The fraction of sp³-hybridized carbons (Fsp3) is 0.875. The zero-order valence-electron chi connectivity index (χ0n) is 14.5. The third kappa shape index (κ3) is 14.4. The number of carbonyl (C=O) groups excluding carboxylic acids is 1. The minimum absolute atomic E-state index is 0.169. The molecule has 1 unspecified atom stereocenters. The Bertz CT molecular complexity index is 463. The van der Waals surface area contributed by atoms with Gasteiger partial charge in [0.15, 0.2) is 0 Å². The second-order valence-electron chi connectivity index (χ2n) is 6.11. The molecule has 0 radical (unpaired) electrons. The number of unbranched alkanes of at least 4 members (excludes halogenated alkanes) is 7. The minimum atomic E-state index is -3.83. The van der Waals surface area contributed by atoms with Crippen LogP contribution in [0.3, 0.4) is 0 Å². The quantitative estimate of drug-likeness (QED) is 0.303. The molecule has 7 nitrogen and oxygen atoms in total. The van der Waals surface area contributed by atoms with Crippen LogP contribution in [0.25, 0.3) is 0 Å². The van der Waals surface area contributed by atoms with Crippen LogP contribution in [0, 0.1) is 0 Å². The summed E-state index contributed by atoms with van der Waals surface area (Å²) in [5.41, 5.74) is 0. The van der Waals surface area contributed by atoms with Gasteiger partial charge >= 0.3 is 5.97 Å². The number of nitrogens with one attached hydrogen (secondary N) is 1. The second-order valence-corrected chi connectivity index (χ2v) is 7.68. The van der Waals surface area contributed by atoms with Gasteiger partial charge in [0.25, 0.3) is 10.1 Å². The molecule has 0 rings (SSSR count). The van der Waals surface area contributed by atoms with Gasteiger partial charge < -0.3 is 10.4 Å². The molecule has 1 amide bonds. The Balaban J connectivity index is 3.52. The Morgan fingerprint density at radius 1 is 0.958 bits per heavy atom. The van der Waals surface area contributed by atoms with Crippen molar-refractivity contribution in [2.75, 3.05) is 5.75 Å². The number of carboxylic acids is 1. The summed E-state index contributed by atoms with van der Waals surface area (Å²) in [7, 11) is -3.83. The van der Waals surface area contributed by atoms with E-state index in [0.717, 1.165) is 44.9 Å². The van der Waals surface area contributed by atoms with Gasteiger partial charge in [-0.05, 0) is 19.3 Å². The summed E-state index contributed by atoms with van der Waals surface area (Å²) in [5, 5.41) is 11.5. The highest BCUT2D eigenvalue weighted by molar-refractivity contribution is 7.85. The number of rotatable bonds is 15. The smallest absolute Gasteiger partial charge is 0.326 e. The van der Waals surface area contributed by atoms with Crippen molar-refractivity contribution in [3.05, 3.63) is 0 Å². The van der Waals surface area contributed by atoms with Crippen LogP contribution in [-0.4, -0.2) is 41.7 Å². The first-order valence-electron chi connectivity index (χ1n) is 8.73. The van der Waals surface area contributed by atoms with Crippen LogP contribution in [0.4, 0.5) is 0 Å². The highest BCUT2D eigenvalue weighted by Gasteiger charge is 2.18. The Morgan fingerprint density at radius 2 is 1.46 bits per heavy atom. The third-order valence-corrected chi connectivity index (χ3v) is 4.57. The molecular formula is C16H31NO6S. The summed E-state index contributed by atoms with van der Waals surface area (Å²) in [5.74, 6) is -1.36. The average Bonchev–Trinajstić information content (AvgIpc) is 2.47. The van der Waals surface area contributed by atoms with Crippen molar-refractivity contribution in [1.29, 1.82) is 0 Å². The predicted molar refractivity (Wildman–Crippen MR) is 92.4 cm³/mol. The molecule has 1 atom stereocenters. The van der Waals surface area contributed by atoms with Gasteiger partial charge in [-0.25, -0.2) is 4.79 Å². The number of hydrogen-bond donors (Lipinski definition) is 3. The van der Waals surface area contributed by atoms with Gasteiger partial charge in [0.2, 0.25) is 5.91 Å². The first kappa shape index (κ1) is 22.9. The monoisotopic (exact) mass is 365 g/mol. The SMILES string of the molecule is CCCC(NC(=O)CCCCCCCCCCS(=O)(=O)O)C(=O)O. The summed E-state index contributed by atoms with van der Waals surface area (Å²) in [6.45, 7) is 1.88. The Hall–Kier alpha value is -1.15. The number of aliphatic carboxylic acids is 1. The van der Waals surface area contributed by atoms with Crippen LogP contribution in [0.5, 0.6) is 0 Å². The van der Waals surface area contributed by atoms with Crippen LogP contribution in [-0.2, 0) is 19.7 Å². The summed E-state index contributed by atoms with van der Waals surface area (Å²) < 4.78 is 29.6. The van der Waals surface area contributed by atoms with Crippen molar-refractivity contribution in [1.82, 2.24) is 5.32 Å². The van der Waals surface area contributed by atoms with Gasteiger partial charge in [0, 0.05) is 6.42 Å². The molecule has 0 aliphatic rings. The summed E-state index contributed by atoms with van der Waals surface area (Å²) in [4.78, 5) is 22.6. The van der Waals surface area contributed by atoms with Crippen molar-refractivity contribution in [2.45, 2.75) is 83.6 Å². The fourth-order valence-corrected chi connectivity index (χ4v) is 3.01. The second kappa shape index (κ2) is 13.2. The van der Waals surface area contributed by atoms with Gasteiger partial charge in [-0.3, -0.25) is 9.35 Å². The molecule has 0 aromatic rings. The molecule has 0 bridgehead atoms. The Kier molecular flexibility index (Phi) is 12.5. The van der Waals surface area contributed by atoms with Gasteiger partial charge in [-0.1, -0.05) is 51.9 Å². The molecule has 0 aromatic carbocycles. The summed E-state index contributed by atoms with van der Waals surface area (Å²) >= 11 is 0. The zero-order valence-corrected chi connectivity index (χ0v) is 15.3. The molecule has 0 saturated heterocycles. The molecule has 0 aliphatic carbocycles. The van der Waals surface area contributed by atoms with E-state index in [-0.39, 0.29) is 11.7 Å². The molecule has 8 heteroatoms. The van der Waals surface area contributed by atoms with E-state index in [9.17, 15) is 18.0 Å². The van der Waals surface area contributed by atoms with E-state index in [0.29, 0.717) is 25.7 Å². The Labute approximate surface area is 145 Å². The lowest BCUT2D eigenvalue weighted by molar-refractivity contribution is -0.142. The van der Waals surface area contributed by atoms with E-state index in [1.807, 2.05) is 6.92 Å². The van der Waals surface area contributed by atoms with Crippen molar-refractivity contribution >= 4 is 22.0 Å². The molecule has 142 valence electrons. The zero-order chi connectivity index (χ0) is 18.4. The van der Waals surface area contributed by atoms with Crippen LogP contribution in [0.2, 0.25) is 0 Å². The van der Waals surface area contributed by atoms with Crippen molar-refractivity contribution in [3.63, 3.8) is 0 Å². The molecule has 3 N–H and O–H groups in total. The maximum atomic E-state index is 11.7. The van der Waals surface area contributed by atoms with Crippen molar-refractivity contribution < 1.29 is 27.7 Å². The maximum Gasteiger partial charge on any atom is 0.326 e. The van der Waals surface area contributed by atoms with E-state index in [2.05, 4.69) is 5.32 Å². The van der Waals surface area contributed by atoms with E-state index in [1.165, 1.54) is 0 Å². The molecule has 0 heterocycles. The first-order chi connectivity index (χ1) is 11.3. The largest absolute Gasteiger partial charge is 0.480 e. The topological polar surface area (TPSA) is 121 Å². The number of amides is 1. The number of carboxylic acid groups (broad SMARTS) is 1. The molecular weight excluding hydrogens is 334 g/mol. The third-order valence-electron chi connectivity index (χ3n) is 3.77. The molecule has 24 heavy (non-hydrogen) atoms. The van der Waals surface area contributed by atoms with Gasteiger partial charge in [0.1, 0.15) is 6.04 Å². The minimum Gasteiger partial charge on any atom is -0.480 e. The molecule has 0 aromatic heterocycles. The van der Waals surface area contributed by atoms with Crippen LogP contribution in [0.15, 0.2) is 0 Å². The van der Waals surface area contributed by atoms with E-state index < -0.39 is 22.1 Å². The van der Waals surface area contributed by atoms with Crippen LogP contribution < -0.4 is 5.32 Å². The van der Waals surface area contributed by atoms with E-state index in [4.69, 9.17) is 9.66 Å². The van der Waals surface area contributed by atoms with Gasteiger partial charge in [-0.2, -0.15) is 8.42 Å². The predicted octanol–water partition coefficient (Wildman–Crippen LogP) is 2.75. The average molecular weight is 365 g/mol. The number of hydrogen-bond acceptors (Lipinski definition) is 4. The maximum absolute atomic E-state index is 11.7. The van der Waals surface area contributed by atoms with E-state index >= 15 is 0 Å². The van der Waals surface area contributed by atoms with Gasteiger partial charge in [-0.15, -0.1) is 0 Å². The molecule has 0 aliphatic heterocycles. The van der Waals surface area contributed by atoms with E-state index in [1.54, 1.807) is 0 Å². The van der Waals surface area contributed by atoms with Crippen molar-refractivity contribution in [2.24, 2.45) is 0 Å². The highest BCUT2D eigenvalue weighted by atomic mass is 32.2. The molecule has 0 spiro atoms. The van der Waals surface area contributed by atoms with Crippen molar-refractivity contribution in [3.8, 4) is 0 Å². The van der Waals surface area contributed by atoms with Gasteiger partial charge in [0.05, 0.1) is 5.75 Å². The molecule has 0 saturated carbocycles. The lowest BCUT2D eigenvalue weighted by atomic mass is 10.1.